The van der Waals surface area contributed by atoms with Crippen molar-refractivity contribution >= 4 is 5.97 Å². The molecular formula is C32H41NO2. The number of carbonyl (C=O) groups excluding carboxylic acids is 1. The molecule has 3 aromatic rings. The van der Waals surface area contributed by atoms with Crippen molar-refractivity contribution in [1.29, 1.82) is 0 Å². The van der Waals surface area contributed by atoms with Crippen molar-refractivity contribution in [2.75, 3.05) is 0 Å². The van der Waals surface area contributed by atoms with E-state index in [1.165, 1.54) is 22.3 Å². The van der Waals surface area contributed by atoms with E-state index in [-0.39, 0.29) is 23.4 Å². The summed E-state index contributed by atoms with van der Waals surface area (Å²) in [5.74, 6) is -0.283. The lowest BCUT2D eigenvalue weighted by Gasteiger charge is -2.26. The molecular weight excluding hydrogens is 430 g/mol. The number of rotatable bonds is 7. The minimum Gasteiger partial charge on any atom is -0.457 e. The Morgan fingerprint density at radius 3 is 1.69 bits per heavy atom. The van der Waals surface area contributed by atoms with Gasteiger partial charge in [0.1, 0.15) is 6.61 Å². The van der Waals surface area contributed by atoms with Crippen LogP contribution < -0.4 is 5.32 Å². The van der Waals surface area contributed by atoms with Gasteiger partial charge in [-0.3, -0.25) is 0 Å². The second-order valence-electron chi connectivity index (χ2n) is 11.8. The van der Waals surface area contributed by atoms with Crippen LogP contribution in [0.3, 0.4) is 0 Å². The van der Waals surface area contributed by atoms with Gasteiger partial charge in [0.15, 0.2) is 0 Å². The van der Waals surface area contributed by atoms with E-state index in [4.69, 9.17) is 4.74 Å². The molecule has 3 rings (SSSR count). The highest BCUT2D eigenvalue weighted by Crippen LogP contribution is 2.30. The van der Waals surface area contributed by atoms with Crippen molar-refractivity contribution in [3.8, 4) is 0 Å². The average Bonchev–Trinajstić information content (AvgIpc) is 2.76. The Kier molecular flexibility index (Phi) is 8.22. The topological polar surface area (TPSA) is 38.3 Å². The van der Waals surface area contributed by atoms with Gasteiger partial charge in [-0.25, -0.2) is 4.79 Å². The first-order valence-electron chi connectivity index (χ1n) is 12.5. The third-order valence-electron chi connectivity index (χ3n) is 6.23. The van der Waals surface area contributed by atoms with Gasteiger partial charge in [-0.1, -0.05) is 101 Å². The van der Waals surface area contributed by atoms with Crippen LogP contribution in [0.1, 0.15) is 90.8 Å². The van der Waals surface area contributed by atoms with Crippen molar-refractivity contribution < 1.29 is 9.53 Å². The molecule has 0 bridgehead atoms. The summed E-state index contributed by atoms with van der Waals surface area (Å²) >= 11 is 0. The molecule has 3 heteroatoms. The summed E-state index contributed by atoms with van der Waals surface area (Å²) in [6.07, 6.45) is 0. The molecule has 0 aliphatic rings. The lowest BCUT2D eigenvalue weighted by atomic mass is 9.79. The van der Waals surface area contributed by atoms with E-state index in [2.05, 4.69) is 77.2 Å². The number of ether oxygens (including phenoxy) is 1. The van der Waals surface area contributed by atoms with Crippen molar-refractivity contribution in [3.63, 3.8) is 0 Å². The predicted molar refractivity (Wildman–Crippen MR) is 146 cm³/mol. The zero-order valence-electron chi connectivity index (χ0n) is 22.7. The maximum absolute atomic E-state index is 12.4. The van der Waals surface area contributed by atoms with Crippen molar-refractivity contribution in [1.82, 2.24) is 5.32 Å². The van der Waals surface area contributed by atoms with Crippen LogP contribution in [0, 0.1) is 13.8 Å². The van der Waals surface area contributed by atoms with Gasteiger partial charge in [-0.15, -0.1) is 0 Å². The number of carbonyl (C=O) groups is 1. The van der Waals surface area contributed by atoms with Crippen LogP contribution in [0.4, 0.5) is 0 Å². The lowest BCUT2D eigenvalue weighted by Crippen LogP contribution is -2.19. The summed E-state index contributed by atoms with van der Waals surface area (Å²) in [6.45, 7) is 19.5. The molecule has 0 fully saturated rings. The van der Waals surface area contributed by atoms with Crippen LogP contribution in [0.25, 0.3) is 0 Å². The molecule has 0 amide bonds. The monoisotopic (exact) mass is 471 g/mol. The highest BCUT2D eigenvalue weighted by molar-refractivity contribution is 5.89. The molecule has 0 saturated carbocycles. The molecule has 0 aliphatic heterocycles. The second-order valence-corrected chi connectivity index (χ2v) is 11.8. The van der Waals surface area contributed by atoms with E-state index in [9.17, 15) is 4.79 Å². The highest BCUT2D eigenvalue weighted by atomic mass is 16.5. The van der Waals surface area contributed by atoms with Crippen LogP contribution in [0.2, 0.25) is 0 Å². The van der Waals surface area contributed by atoms with Crippen LogP contribution >= 0.6 is 0 Å². The van der Waals surface area contributed by atoms with Gasteiger partial charge < -0.3 is 10.1 Å². The summed E-state index contributed by atoms with van der Waals surface area (Å²) in [5.41, 5.74) is 9.23. The summed E-state index contributed by atoms with van der Waals surface area (Å²) in [7, 11) is 0. The van der Waals surface area contributed by atoms with Crippen LogP contribution in [-0.4, -0.2) is 5.97 Å². The first kappa shape index (κ1) is 26.7. The summed E-state index contributed by atoms with van der Waals surface area (Å²) < 4.78 is 5.53. The quantitative estimate of drug-likeness (QED) is 0.362. The molecule has 0 aliphatic carbocycles. The van der Waals surface area contributed by atoms with Gasteiger partial charge in [0.25, 0.3) is 0 Å². The fourth-order valence-electron chi connectivity index (χ4n) is 4.09. The van der Waals surface area contributed by atoms with E-state index in [0.29, 0.717) is 5.56 Å². The summed E-state index contributed by atoms with van der Waals surface area (Å²) in [4.78, 5) is 12.4. The molecule has 0 aromatic heterocycles. The van der Waals surface area contributed by atoms with E-state index >= 15 is 0 Å². The first-order chi connectivity index (χ1) is 16.3. The van der Waals surface area contributed by atoms with Crippen LogP contribution in [0.15, 0.2) is 60.7 Å². The lowest BCUT2D eigenvalue weighted by molar-refractivity contribution is 0.0472. The molecule has 0 radical (unpaired) electrons. The normalized spacial score (nSPS) is 12.0. The molecule has 186 valence electrons. The average molecular weight is 472 g/mol. The SMILES string of the molecule is Cc1cc(C)cc(C(=O)OCc2ccc(CNCc3cc(C(C)(C)C)cc(C(C)(C)C)c3)cc2)c1. The van der Waals surface area contributed by atoms with Crippen molar-refractivity contribution in [2.24, 2.45) is 0 Å². The third-order valence-corrected chi connectivity index (χ3v) is 6.23. The molecule has 3 nitrogen and oxygen atoms in total. The van der Waals surface area contributed by atoms with Gasteiger partial charge in [0.05, 0.1) is 5.56 Å². The molecule has 0 atom stereocenters. The van der Waals surface area contributed by atoms with Gasteiger partial charge in [-0.05, 0) is 64.6 Å². The highest BCUT2D eigenvalue weighted by Gasteiger charge is 2.20. The number of aryl methyl sites for hydroxylation is 2. The smallest absolute Gasteiger partial charge is 0.338 e. The molecule has 0 saturated heterocycles. The van der Waals surface area contributed by atoms with E-state index < -0.39 is 0 Å². The molecule has 35 heavy (non-hydrogen) atoms. The summed E-state index contributed by atoms with van der Waals surface area (Å²) in [6, 6.07) is 21.1. The van der Waals surface area contributed by atoms with Gasteiger partial charge in [-0.2, -0.15) is 0 Å². The van der Waals surface area contributed by atoms with Gasteiger partial charge >= 0.3 is 5.97 Å². The first-order valence-corrected chi connectivity index (χ1v) is 12.5. The van der Waals surface area contributed by atoms with Crippen LogP contribution in [-0.2, 0) is 35.3 Å². The predicted octanol–water partition coefficient (Wildman–Crippen LogP) is 7.55. The third kappa shape index (κ3) is 7.80. The van der Waals surface area contributed by atoms with Crippen LogP contribution in [0.5, 0.6) is 0 Å². The second kappa shape index (κ2) is 10.8. The number of hydrogen-bond donors (Lipinski definition) is 1. The maximum atomic E-state index is 12.4. The van der Waals surface area contributed by atoms with Gasteiger partial charge in [0, 0.05) is 13.1 Å². The minimum absolute atomic E-state index is 0.119. The van der Waals surface area contributed by atoms with Crippen molar-refractivity contribution in [2.45, 2.75) is 85.9 Å². The van der Waals surface area contributed by atoms with E-state index in [0.717, 1.165) is 29.8 Å². The fraction of sp³-hybridized carbons (Fsp3) is 0.406. The standard InChI is InChI=1S/C32H41NO2/c1-22-13-23(2)15-27(14-22)30(34)35-21-25-11-9-24(10-12-25)19-33-20-26-16-28(31(3,4)5)18-29(17-26)32(6,7)8/h9-18,33H,19-21H2,1-8H3. The zero-order valence-corrected chi connectivity index (χ0v) is 22.7. The number of nitrogens with one attached hydrogen (secondary N) is 1. The Balaban J connectivity index is 1.56. The number of hydrogen-bond acceptors (Lipinski definition) is 3. The number of esters is 1. The molecule has 0 unspecified atom stereocenters. The maximum Gasteiger partial charge on any atom is 0.338 e. The molecule has 0 spiro atoms. The fourth-order valence-corrected chi connectivity index (χ4v) is 4.09. The van der Waals surface area contributed by atoms with Crippen molar-refractivity contribution in [3.05, 3.63) is 105 Å². The largest absolute Gasteiger partial charge is 0.457 e. The Morgan fingerprint density at radius 2 is 1.17 bits per heavy atom. The minimum atomic E-state index is -0.283. The Morgan fingerprint density at radius 1 is 0.686 bits per heavy atom. The Labute approximate surface area is 211 Å². The Hall–Kier alpha value is -2.91. The number of benzene rings is 3. The van der Waals surface area contributed by atoms with Gasteiger partial charge in [0.2, 0.25) is 0 Å². The Bertz CT molecular complexity index is 1110. The molecule has 0 heterocycles. The molecule has 3 aromatic carbocycles. The zero-order chi connectivity index (χ0) is 25.8. The van der Waals surface area contributed by atoms with E-state index in [1.807, 2.05) is 44.2 Å². The summed E-state index contributed by atoms with van der Waals surface area (Å²) in [5, 5.41) is 3.59. The van der Waals surface area contributed by atoms with E-state index in [1.54, 1.807) is 0 Å². The molecule has 1 N–H and O–H groups in total.